The van der Waals surface area contributed by atoms with Crippen molar-refractivity contribution in [1.82, 2.24) is 15.5 Å². The number of hydrogen-bond acceptors (Lipinski definition) is 6. The van der Waals surface area contributed by atoms with Crippen molar-refractivity contribution < 1.29 is 14.3 Å². The number of carbonyl (C=O) groups is 2. The van der Waals surface area contributed by atoms with E-state index >= 15 is 0 Å². The zero-order chi connectivity index (χ0) is 21.0. The number of benzene rings is 1. The summed E-state index contributed by atoms with van der Waals surface area (Å²) in [5.74, 6) is 1.32. The van der Waals surface area contributed by atoms with Crippen molar-refractivity contribution in [2.75, 3.05) is 7.11 Å². The van der Waals surface area contributed by atoms with Crippen molar-refractivity contribution in [1.29, 1.82) is 5.26 Å². The van der Waals surface area contributed by atoms with Crippen LogP contribution in [0.1, 0.15) is 47.6 Å². The Kier molecular flexibility index (Phi) is 6.36. The molecule has 0 aliphatic heterocycles. The molecular weight excluding hydrogens is 387 g/mol. The lowest BCUT2D eigenvalue weighted by Crippen LogP contribution is -2.09. The number of amides is 1. The van der Waals surface area contributed by atoms with E-state index in [1.165, 1.54) is 11.8 Å². The summed E-state index contributed by atoms with van der Waals surface area (Å²) >= 11 is 0. The summed E-state index contributed by atoms with van der Waals surface area (Å²) in [7, 11) is 4.25. The molecule has 4 atom stereocenters. The number of methoxy groups -OCH3 is 1. The monoisotopic (exact) mass is 408 g/mol. The first-order valence-corrected chi connectivity index (χ1v) is 9.68. The number of nitriles is 1. The van der Waals surface area contributed by atoms with E-state index in [-0.39, 0.29) is 17.4 Å². The minimum Gasteiger partial charge on any atom is -0.480 e. The van der Waals surface area contributed by atoms with Crippen LogP contribution < -0.4 is 15.4 Å². The first-order valence-electron chi connectivity index (χ1n) is 9.10. The number of nitrogens with zero attached hydrogens (tertiary/aromatic N) is 3. The molecule has 1 aromatic carbocycles. The van der Waals surface area contributed by atoms with Crippen LogP contribution >= 0.6 is 9.24 Å². The lowest BCUT2D eigenvalue weighted by Gasteiger charge is -2.16. The predicted octanol–water partition coefficient (Wildman–Crippen LogP) is 2.05. The third-order valence-electron chi connectivity index (χ3n) is 5.30. The van der Waals surface area contributed by atoms with Gasteiger partial charge in [0.15, 0.2) is 6.29 Å². The highest BCUT2D eigenvalue weighted by Crippen LogP contribution is 2.56. The average Bonchev–Trinajstić information content (AvgIpc) is 3.54. The Morgan fingerprint density at radius 3 is 2.79 bits per heavy atom. The van der Waals surface area contributed by atoms with Crippen molar-refractivity contribution in [2.24, 2.45) is 5.92 Å². The van der Waals surface area contributed by atoms with Gasteiger partial charge in [0.25, 0.3) is 0 Å². The molecule has 2 unspecified atom stereocenters. The van der Waals surface area contributed by atoms with E-state index in [1.54, 1.807) is 13.2 Å². The van der Waals surface area contributed by atoms with Crippen molar-refractivity contribution in [2.45, 2.75) is 25.2 Å². The Hall–Kier alpha value is -3.10. The third-order valence-corrected chi connectivity index (χ3v) is 5.80. The first kappa shape index (κ1) is 20.6. The van der Waals surface area contributed by atoms with E-state index in [4.69, 9.17) is 10.00 Å². The highest BCUT2D eigenvalue weighted by molar-refractivity contribution is 7.27. The van der Waals surface area contributed by atoms with Gasteiger partial charge in [-0.3, -0.25) is 9.59 Å². The molecule has 7 nitrogen and oxygen atoms in total. The van der Waals surface area contributed by atoms with Gasteiger partial charge < -0.3 is 10.1 Å². The summed E-state index contributed by atoms with van der Waals surface area (Å²) in [4.78, 5) is 21.9. The molecular formula is C21H21N4O3P. The van der Waals surface area contributed by atoms with Crippen LogP contribution in [0.3, 0.4) is 0 Å². The molecule has 148 valence electrons. The van der Waals surface area contributed by atoms with Crippen LogP contribution in [-0.2, 0) is 9.59 Å². The second-order valence-electron chi connectivity index (χ2n) is 6.95. The highest BCUT2D eigenvalue weighted by atomic mass is 31.0. The first-order chi connectivity index (χ1) is 14.0. The number of ether oxygens (including phenoxy) is 1. The van der Waals surface area contributed by atoms with Gasteiger partial charge in [0.05, 0.1) is 30.0 Å². The number of aldehydes is 1. The van der Waals surface area contributed by atoms with Crippen molar-refractivity contribution in [3.63, 3.8) is 0 Å². The number of carbonyl (C=O) groups excluding carboxylic acids is 2. The van der Waals surface area contributed by atoms with Gasteiger partial charge >= 0.3 is 0 Å². The summed E-state index contributed by atoms with van der Waals surface area (Å²) in [6.07, 6.45) is 3.36. The van der Waals surface area contributed by atoms with Gasteiger partial charge in [-0.05, 0) is 53.2 Å². The van der Waals surface area contributed by atoms with Gasteiger partial charge in [0.2, 0.25) is 12.3 Å². The molecule has 1 amide bonds. The predicted molar refractivity (Wildman–Crippen MR) is 112 cm³/mol. The van der Waals surface area contributed by atoms with E-state index in [1.807, 2.05) is 18.2 Å². The number of allylic oxidation sites excluding steroid dienone is 1. The van der Waals surface area contributed by atoms with Gasteiger partial charge in [0, 0.05) is 11.8 Å². The molecule has 2 aromatic rings. The normalized spacial score (nSPS) is 19.0. The maximum atomic E-state index is 11.4. The van der Waals surface area contributed by atoms with Gasteiger partial charge in [0.1, 0.15) is 0 Å². The van der Waals surface area contributed by atoms with Crippen LogP contribution in [0.4, 0.5) is 0 Å². The molecule has 3 rings (SSSR count). The third kappa shape index (κ3) is 4.33. The summed E-state index contributed by atoms with van der Waals surface area (Å²) in [5.41, 5.74) is 3.34. The zero-order valence-corrected chi connectivity index (χ0v) is 17.3. The molecule has 29 heavy (non-hydrogen) atoms. The molecule has 1 N–H and O–H groups in total. The molecule has 0 spiro atoms. The molecule has 1 fully saturated rings. The van der Waals surface area contributed by atoms with E-state index in [0.717, 1.165) is 17.3 Å². The van der Waals surface area contributed by atoms with Crippen molar-refractivity contribution in [3.05, 3.63) is 52.8 Å². The Labute approximate surface area is 171 Å². The molecule has 1 aromatic heterocycles. The van der Waals surface area contributed by atoms with Crippen LogP contribution in [0.15, 0.2) is 30.5 Å². The molecule has 1 aliphatic rings. The van der Waals surface area contributed by atoms with E-state index < -0.39 is 0 Å². The SMILES string of the molecule is COc1nnc(/C(C=O)=C/NC=O)cc1C1C[C@@H]1[C@H](C)c1ccc(C#N)cc1P. The molecule has 0 saturated heterocycles. The quantitative estimate of drug-likeness (QED) is 0.407. The number of rotatable bonds is 8. The molecule has 0 bridgehead atoms. The topological polar surface area (TPSA) is 105 Å². The number of nitrogens with one attached hydrogen (secondary N) is 1. The Morgan fingerprint density at radius 2 is 2.17 bits per heavy atom. The zero-order valence-electron chi connectivity index (χ0n) is 16.1. The molecule has 1 heterocycles. The second-order valence-corrected chi connectivity index (χ2v) is 7.57. The maximum absolute atomic E-state index is 11.4. The minimum absolute atomic E-state index is 0.223. The molecule has 0 radical (unpaired) electrons. The van der Waals surface area contributed by atoms with E-state index in [0.29, 0.717) is 35.8 Å². The lowest BCUT2D eigenvalue weighted by atomic mass is 9.92. The van der Waals surface area contributed by atoms with E-state index in [2.05, 4.69) is 37.7 Å². The van der Waals surface area contributed by atoms with Gasteiger partial charge in [-0.2, -0.15) is 5.26 Å². The van der Waals surface area contributed by atoms with Crippen molar-refractivity contribution in [3.8, 4) is 11.9 Å². The van der Waals surface area contributed by atoms with Gasteiger partial charge in [-0.1, -0.05) is 13.0 Å². The highest BCUT2D eigenvalue weighted by Gasteiger charge is 2.44. The number of hydrogen-bond donors (Lipinski definition) is 1. The summed E-state index contributed by atoms with van der Waals surface area (Å²) in [6, 6.07) is 9.68. The smallest absolute Gasteiger partial charge is 0.236 e. The summed E-state index contributed by atoms with van der Waals surface area (Å²) in [6.45, 7) is 2.17. The Balaban J connectivity index is 1.88. The minimum atomic E-state index is 0.223. The average molecular weight is 408 g/mol. The fraction of sp³-hybridized carbons (Fsp3) is 0.286. The fourth-order valence-corrected chi connectivity index (χ4v) is 4.21. The van der Waals surface area contributed by atoms with Crippen LogP contribution in [0.2, 0.25) is 0 Å². The van der Waals surface area contributed by atoms with Gasteiger partial charge in [-0.25, -0.2) is 0 Å². The molecule has 1 aliphatic carbocycles. The maximum Gasteiger partial charge on any atom is 0.236 e. The summed E-state index contributed by atoms with van der Waals surface area (Å²) < 4.78 is 5.39. The van der Waals surface area contributed by atoms with Crippen LogP contribution in [-0.4, -0.2) is 30.0 Å². The fourth-order valence-electron chi connectivity index (χ4n) is 3.67. The standard InChI is InChI=1S/C21H21N4O3P/c1-12(15-4-3-13(8-22)5-20(15)29)16-6-17(16)18-7-19(24-25-21(18)28-2)14(10-26)9-23-11-27/h3-5,7,9-12,16-17H,6,29H2,1-2H3,(H,23,27)/b14-9+/t12-,16-,17?/m1/s1. The van der Waals surface area contributed by atoms with Crippen LogP contribution in [0.25, 0.3) is 5.57 Å². The Morgan fingerprint density at radius 1 is 1.38 bits per heavy atom. The second kappa shape index (κ2) is 8.93. The molecule has 8 heteroatoms. The lowest BCUT2D eigenvalue weighted by molar-refractivity contribution is -0.108. The van der Waals surface area contributed by atoms with Crippen LogP contribution in [0.5, 0.6) is 5.88 Å². The summed E-state index contributed by atoms with van der Waals surface area (Å²) in [5, 5.41) is 20.6. The van der Waals surface area contributed by atoms with Gasteiger partial charge in [-0.15, -0.1) is 19.4 Å². The number of aromatic nitrogens is 2. The molecule has 1 saturated carbocycles. The van der Waals surface area contributed by atoms with Crippen molar-refractivity contribution >= 4 is 32.8 Å². The largest absolute Gasteiger partial charge is 0.480 e. The Bertz CT molecular complexity index is 1020. The van der Waals surface area contributed by atoms with Crippen LogP contribution in [0, 0.1) is 17.2 Å². The van der Waals surface area contributed by atoms with E-state index in [9.17, 15) is 9.59 Å².